The molecule has 2 unspecified atom stereocenters. The Bertz CT molecular complexity index is 2290. The van der Waals surface area contributed by atoms with Gasteiger partial charge in [0.2, 0.25) is 10.0 Å². The predicted molar refractivity (Wildman–Crippen MR) is 189 cm³/mol. The highest BCUT2D eigenvalue weighted by Crippen LogP contribution is 2.37. The van der Waals surface area contributed by atoms with Crippen molar-refractivity contribution < 1.29 is 8.42 Å². The maximum Gasteiger partial charge on any atom is 0.299 e. The number of aryl methyl sites for hydroxylation is 2. The van der Waals surface area contributed by atoms with Gasteiger partial charge in [-0.05, 0) is 81.1 Å². The molecule has 0 aliphatic heterocycles. The Morgan fingerprint density at radius 3 is 1.73 bits per heavy atom. The average Bonchev–Trinajstić information content (AvgIpc) is 3.54. The summed E-state index contributed by atoms with van der Waals surface area (Å²) >= 11 is 12.9. The van der Waals surface area contributed by atoms with Crippen LogP contribution in [0.25, 0.3) is 11.4 Å². The molecule has 1 aliphatic rings. The number of H-pyrrole nitrogens is 2. The third-order valence-corrected chi connectivity index (χ3v) is 10.6. The van der Waals surface area contributed by atoms with Crippen molar-refractivity contribution in [3.8, 4) is 11.4 Å². The molecule has 0 amide bonds. The Labute approximate surface area is 291 Å². The van der Waals surface area contributed by atoms with E-state index in [1.807, 2.05) is 18.2 Å². The first-order chi connectivity index (χ1) is 23.4. The molecular weight excluding hydrogens is 689 g/mol. The van der Waals surface area contributed by atoms with Gasteiger partial charge < -0.3 is 0 Å². The fraction of sp³-hybridized carbons (Fsp3) is 0.273. The molecule has 16 heteroatoms. The highest BCUT2D eigenvalue weighted by atomic mass is 35.5. The third-order valence-electron chi connectivity index (χ3n) is 8.45. The van der Waals surface area contributed by atoms with Gasteiger partial charge in [0.15, 0.2) is 11.4 Å². The number of hydrogen-bond donors (Lipinski definition) is 3. The molecule has 49 heavy (non-hydrogen) atoms. The molecule has 5 aromatic rings. The zero-order valence-electron chi connectivity index (χ0n) is 26.8. The van der Waals surface area contributed by atoms with Crippen LogP contribution < -0.4 is 15.8 Å². The number of aromatic amines is 2. The van der Waals surface area contributed by atoms with E-state index in [-0.39, 0.29) is 55.2 Å². The molecule has 254 valence electrons. The van der Waals surface area contributed by atoms with Gasteiger partial charge in [-0.3, -0.25) is 19.8 Å². The van der Waals surface area contributed by atoms with Gasteiger partial charge >= 0.3 is 0 Å². The van der Waals surface area contributed by atoms with Gasteiger partial charge in [0.05, 0.1) is 37.7 Å². The van der Waals surface area contributed by atoms with Crippen molar-refractivity contribution in [2.75, 3.05) is 0 Å². The number of para-hydroxylation sites is 1. The molecular formula is C33H33Cl2N9O4S. The molecule has 1 fully saturated rings. The number of nitrogens with zero attached hydrogens (tertiary/aromatic N) is 6. The predicted octanol–water partition coefficient (Wildman–Crippen LogP) is 8.26. The second kappa shape index (κ2) is 14.1. The molecule has 2 atom stereocenters. The molecule has 0 saturated heterocycles. The fourth-order valence-corrected chi connectivity index (χ4v) is 7.44. The summed E-state index contributed by atoms with van der Waals surface area (Å²) in [6.07, 6.45) is 3.91. The molecule has 0 radical (unpaired) electrons. The molecule has 1 saturated carbocycles. The number of rotatable bonds is 9. The van der Waals surface area contributed by atoms with E-state index in [0.717, 1.165) is 25.7 Å². The zero-order valence-corrected chi connectivity index (χ0v) is 29.1. The second-order valence-electron chi connectivity index (χ2n) is 11.9. The minimum atomic E-state index is -3.72. The lowest BCUT2D eigenvalue weighted by Crippen LogP contribution is -2.40. The minimum absolute atomic E-state index is 0.0261. The van der Waals surface area contributed by atoms with E-state index in [1.54, 1.807) is 38.1 Å². The first-order valence-electron chi connectivity index (χ1n) is 15.6. The number of halogens is 2. The molecule has 0 spiro atoms. The summed E-state index contributed by atoms with van der Waals surface area (Å²) in [5, 5.41) is 22.8. The number of nitrogens with one attached hydrogen (secondary N) is 3. The first kappa shape index (κ1) is 34.2. The van der Waals surface area contributed by atoms with Gasteiger partial charge in [0.25, 0.3) is 11.1 Å². The van der Waals surface area contributed by atoms with E-state index >= 15 is 0 Å². The number of benzene rings is 3. The lowest BCUT2D eigenvalue weighted by atomic mass is 9.87. The summed E-state index contributed by atoms with van der Waals surface area (Å²) in [6, 6.07) is 17.8. The van der Waals surface area contributed by atoms with E-state index in [4.69, 9.17) is 23.2 Å². The van der Waals surface area contributed by atoms with Gasteiger partial charge in [-0.25, -0.2) is 22.5 Å². The SMILES string of the molecule is Cc1[nH]n(-c2ccccc2)c(=O)c1N=Nc1cc(Cl)c(N=Nc2c(C)[nH]n(-c3ccc(S(=O)(=O)NC4CCCCC4C)cc3)c2=O)cc1Cl. The Morgan fingerprint density at radius 2 is 1.22 bits per heavy atom. The van der Waals surface area contributed by atoms with Crippen LogP contribution in [-0.4, -0.2) is 34.0 Å². The van der Waals surface area contributed by atoms with Crippen molar-refractivity contribution >= 4 is 56.0 Å². The van der Waals surface area contributed by atoms with E-state index in [9.17, 15) is 18.0 Å². The van der Waals surface area contributed by atoms with Crippen LogP contribution in [0.2, 0.25) is 10.0 Å². The van der Waals surface area contributed by atoms with Crippen LogP contribution in [0, 0.1) is 19.8 Å². The van der Waals surface area contributed by atoms with Crippen LogP contribution in [-0.2, 0) is 10.0 Å². The summed E-state index contributed by atoms with van der Waals surface area (Å²) in [5.41, 5.74) is 1.65. The van der Waals surface area contributed by atoms with Crippen LogP contribution in [0.4, 0.5) is 22.7 Å². The lowest BCUT2D eigenvalue weighted by molar-refractivity contribution is 0.310. The van der Waals surface area contributed by atoms with Gasteiger partial charge in [-0.1, -0.05) is 61.2 Å². The molecule has 1 aliphatic carbocycles. The topological polar surface area (TPSA) is 171 Å². The quantitative estimate of drug-likeness (QED) is 0.130. The maximum absolute atomic E-state index is 13.3. The summed E-state index contributed by atoms with van der Waals surface area (Å²) < 4.78 is 31.5. The highest BCUT2D eigenvalue weighted by molar-refractivity contribution is 7.89. The second-order valence-corrected chi connectivity index (χ2v) is 14.5. The van der Waals surface area contributed by atoms with Crippen molar-refractivity contribution in [3.63, 3.8) is 0 Å². The number of aromatic nitrogens is 4. The third kappa shape index (κ3) is 7.22. The summed E-state index contributed by atoms with van der Waals surface area (Å²) in [5.74, 6) is 0.269. The lowest BCUT2D eigenvalue weighted by Gasteiger charge is -2.29. The number of azo groups is 2. The zero-order chi connectivity index (χ0) is 34.9. The summed E-state index contributed by atoms with van der Waals surface area (Å²) in [7, 11) is -3.72. The van der Waals surface area contributed by atoms with Crippen molar-refractivity contribution in [2.24, 2.45) is 26.4 Å². The van der Waals surface area contributed by atoms with Crippen LogP contribution >= 0.6 is 23.2 Å². The van der Waals surface area contributed by atoms with Crippen molar-refractivity contribution in [1.82, 2.24) is 24.3 Å². The molecule has 2 aromatic heterocycles. The van der Waals surface area contributed by atoms with Crippen molar-refractivity contribution in [3.05, 3.63) is 109 Å². The van der Waals surface area contributed by atoms with Crippen LogP contribution in [0.3, 0.4) is 0 Å². The molecule has 13 nitrogen and oxygen atoms in total. The number of sulfonamides is 1. The number of hydrogen-bond acceptors (Lipinski definition) is 8. The van der Waals surface area contributed by atoms with E-state index in [2.05, 4.69) is 42.3 Å². The van der Waals surface area contributed by atoms with Crippen molar-refractivity contribution in [1.29, 1.82) is 0 Å². The van der Waals surface area contributed by atoms with E-state index in [1.165, 1.54) is 33.6 Å². The van der Waals surface area contributed by atoms with Gasteiger partial charge in [-0.2, -0.15) is 0 Å². The van der Waals surface area contributed by atoms with E-state index < -0.39 is 15.6 Å². The highest BCUT2D eigenvalue weighted by Gasteiger charge is 2.27. The molecule has 6 rings (SSSR count). The molecule has 2 heterocycles. The first-order valence-corrected chi connectivity index (χ1v) is 17.8. The standard InChI is InChI=1S/C33H33Cl2N9O4S/c1-19-9-7-8-12-27(19)42-49(47,48)24-15-13-23(14-16-24)44-33(46)31(21(3)41-44)39-37-29-18-25(34)28(17-26(29)35)36-38-30-20(2)40-43(32(30)45)22-10-5-4-6-11-22/h4-6,10-11,13-19,27,40-42H,7-9,12H2,1-3H3. The Morgan fingerprint density at radius 1 is 0.735 bits per heavy atom. The maximum atomic E-state index is 13.3. The van der Waals surface area contributed by atoms with Crippen LogP contribution in [0.5, 0.6) is 0 Å². The minimum Gasteiger partial charge on any atom is -0.293 e. The summed E-state index contributed by atoms with van der Waals surface area (Å²) in [6.45, 7) is 5.43. The smallest absolute Gasteiger partial charge is 0.293 e. The molecule has 0 bridgehead atoms. The Kier molecular flexibility index (Phi) is 9.84. The Hall–Kier alpha value is -4.63. The van der Waals surface area contributed by atoms with E-state index in [0.29, 0.717) is 22.8 Å². The van der Waals surface area contributed by atoms with Crippen LogP contribution in [0.1, 0.15) is 44.0 Å². The average molecular weight is 723 g/mol. The van der Waals surface area contributed by atoms with Gasteiger partial charge in [-0.15, -0.1) is 20.5 Å². The van der Waals surface area contributed by atoms with Gasteiger partial charge in [0, 0.05) is 6.04 Å². The van der Waals surface area contributed by atoms with Crippen LogP contribution in [0.15, 0.2) is 102 Å². The molecule has 3 aromatic carbocycles. The van der Waals surface area contributed by atoms with Crippen molar-refractivity contribution in [2.45, 2.75) is 57.4 Å². The molecule has 3 N–H and O–H groups in total. The normalized spacial score (nSPS) is 17.0. The fourth-order valence-electron chi connectivity index (χ4n) is 5.67. The van der Waals surface area contributed by atoms with Gasteiger partial charge in [0.1, 0.15) is 11.4 Å². The summed E-state index contributed by atoms with van der Waals surface area (Å²) in [4.78, 5) is 26.4. The Balaban J connectivity index is 1.19. The largest absolute Gasteiger partial charge is 0.299 e. The monoisotopic (exact) mass is 721 g/mol.